The Kier molecular flexibility index (Phi) is 4.27. The van der Waals surface area contributed by atoms with Crippen LogP contribution in [0.1, 0.15) is 72.6 Å². The largest absolute Gasteiger partial charge is 0.466 e. The van der Waals surface area contributed by atoms with Crippen LogP contribution >= 0.6 is 0 Å². The molecule has 2 heteroatoms. The summed E-state index contributed by atoms with van der Waals surface area (Å²) in [6.45, 7) is 10.0. The van der Waals surface area contributed by atoms with Gasteiger partial charge in [0.15, 0.2) is 0 Å². The summed E-state index contributed by atoms with van der Waals surface area (Å²) in [5.41, 5.74) is 0.908. The maximum atomic E-state index is 11.7. The van der Waals surface area contributed by atoms with Crippen LogP contribution in [0.2, 0.25) is 0 Å². The standard InChI is InChI=1S/C17H30O2/c1-5-6-11-19-15(18)8-7-14-12-13-9-10-17(14,4)16(13,2)3/h13-14H,5-12H2,1-4H3. The molecular weight excluding hydrogens is 236 g/mol. The van der Waals surface area contributed by atoms with Gasteiger partial charge >= 0.3 is 5.97 Å². The van der Waals surface area contributed by atoms with Gasteiger partial charge in [-0.1, -0.05) is 34.1 Å². The number of carbonyl (C=O) groups excluding carboxylic acids is 1. The van der Waals surface area contributed by atoms with Crippen LogP contribution in [-0.4, -0.2) is 12.6 Å². The van der Waals surface area contributed by atoms with Crippen LogP contribution in [-0.2, 0) is 9.53 Å². The Bertz CT molecular complexity index is 334. The molecule has 110 valence electrons. The highest BCUT2D eigenvalue weighted by Gasteiger charge is 2.60. The van der Waals surface area contributed by atoms with Crippen LogP contribution in [0, 0.1) is 22.7 Å². The van der Waals surface area contributed by atoms with Crippen molar-refractivity contribution in [2.75, 3.05) is 6.61 Å². The molecule has 0 radical (unpaired) electrons. The number of unbranched alkanes of at least 4 members (excludes halogenated alkanes) is 1. The molecule has 2 fully saturated rings. The van der Waals surface area contributed by atoms with Gasteiger partial charge in [-0.25, -0.2) is 0 Å². The maximum Gasteiger partial charge on any atom is 0.305 e. The molecule has 3 atom stereocenters. The van der Waals surface area contributed by atoms with Gasteiger partial charge in [0, 0.05) is 6.42 Å². The Morgan fingerprint density at radius 3 is 2.58 bits per heavy atom. The lowest BCUT2D eigenvalue weighted by Gasteiger charge is -2.39. The van der Waals surface area contributed by atoms with E-state index in [1.807, 2.05) is 0 Å². The number of fused-ring (bicyclic) bond motifs is 2. The highest BCUT2D eigenvalue weighted by molar-refractivity contribution is 5.69. The van der Waals surface area contributed by atoms with Crippen molar-refractivity contribution in [1.82, 2.24) is 0 Å². The summed E-state index contributed by atoms with van der Waals surface area (Å²) >= 11 is 0. The molecule has 3 unspecified atom stereocenters. The second-order valence-corrected chi connectivity index (χ2v) is 7.42. The second kappa shape index (κ2) is 5.46. The molecule has 0 saturated heterocycles. The van der Waals surface area contributed by atoms with E-state index in [2.05, 4.69) is 27.7 Å². The van der Waals surface area contributed by atoms with Gasteiger partial charge in [0.25, 0.3) is 0 Å². The van der Waals surface area contributed by atoms with Gasteiger partial charge in [-0.3, -0.25) is 4.79 Å². The zero-order valence-electron chi connectivity index (χ0n) is 13.1. The quantitative estimate of drug-likeness (QED) is 0.520. The van der Waals surface area contributed by atoms with Crippen LogP contribution in [0.15, 0.2) is 0 Å². The minimum atomic E-state index is 0.0117. The minimum Gasteiger partial charge on any atom is -0.466 e. The average Bonchev–Trinajstić information content (AvgIpc) is 2.69. The van der Waals surface area contributed by atoms with E-state index in [4.69, 9.17) is 4.74 Å². The number of carbonyl (C=O) groups is 1. The molecule has 0 aliphatic heterocycles. The molecule has 2 bridgehead atoms. The van der Waals surface area contributed by atoms with Crippen molar-refractivity contribution in [3.63, 3.8) is 0 Å². The van der Waals surface area contributed by atoms with Crippen molar-refractivity contribution >= 4 is 5.97 Å². The number of hydrogen-bond acceptors (Lipinski definition) is 2. The molecule has 0 aromatic carbocycles. The van der Waals surface area contributed by atoms with Gasteiger partial charge in [0.2, 0.25) is 0 Å². The first-order valence-electron chi connectivity index (χ1n) is 8.07. The third-order valence-corrected chi connectivity index (χ3v) is 6.43. The molecule has 0 heterocycles. The van der Waals surface area contributed by atoms with E-state index >= 15 is 0 Å². The third-order valence-electron chi connectivity index (χ3n) is 6.43. The van der Waals surface area contributed by atoms with Crippen molar-refractivity contribution in [3.8, 4) is 0 Å². The van der Waals surface area contributed by atoms with Gasteiger partial charge in [0.1, 0.15) is 0 Å². The molecule has 0 aromatic heterocycles. The van der Waals surface area contributed by atoms with E-state index in [-0.39, 0.29) is 5.97 Å². The fourth-order valence-electron chi connectivity index (χ4n) is 4.50. The topological polar surface area (TPSA) is 26.3 Å². The lowest BCUT2D eigenvalue weighted by Crippen LogP contribution is -2.32. The first kappa shape index (κ1) is 14.9. The Hall–Kier alpha value is -0.530. The molecule has 0 spiro atoms. The molecular formula is C17H30O2. The second-order valence-electron chi connectivity index (χ2n) is 7.42. The molecule has 19 heavy (non-hydrogen) atoms. The highest BCUT2D eigenvalue weighted by Crippen LogP contribution is 2.68. The molecule has 0 aromatic rings. The Morgan fingerprint density at radius 2 is 2.05 bits per heavy atom. The van der Waals surface area contributed by atoms with E-state index in [1.54, 1.807) is 0 Å². The lowest BCUT2D eigenvalue weighted by molar-refractivity contribution is -0.144. The maximum absolute atomic E-state index is 11.7. The summed E-state index contributed by atoms with van der Waals surface area (Å²) in [7, 11) is 0. The van der Waals surface area contributed by atoms with Gasteiger partial charge in [-0.15, -0.1) is 0 Å². The zero-order chi connectivity index (χ0) is 14.1. The van der Waals surface area contributed by atoms with Crippen LogP contribution in [0.4, 0.5) is 0 Å². The van der Waals surface area contributed by atoms with Crippen molar-refractivity contribution in [2.24, 2.45) is 22.7 Å². The molecule has 2 aliphatic carbocycles. The SMILES string of the molecule is CCCCOC(=O)CCC1CC2CCC1(C)C2(C)C. The molecule has 2 aliphatic rings. The fourth-order valence-corrected chi connectivity index (χ4v) is 4.50. The van der Waals surface area contributed by atoms with Gasteiger partial charge in [0.05, 0.1) is 6.61 Å². The number of ether oxygens (including phenoxy) is 1. The summed E-state index contributed by atoms with van der Waals surface area (Å²) < 4.78 is 5.27. The number of rotatable bonds is 6. The first-order chi connectivity index (χ1) is 8.91. The third kappa shape index (κ3) is 2.55. The van der Waals surface area contributed by atoms with Crippen LogP contribution < -0.4 is 0 Å². The Balaban J connectivity index is 1.80. The summed E-state index contributed by atoms with van der Waals surface area (Å²) in [5.74, 6) is 1.61. The van der Waals surface area contributed by atoms with Gasteiger partial charge in [-0.2, -0.15) is 0 Å². The van der Waals surface area contributed by atoms with E-state index < -0.39 is 0 Å². The summed E-state index contributed by atoms with van der Waals surface area (Å²) in [6.07, 6.45) is 7.78. The number of esters is 1. The molecule has 2 rings (SSSR count). The molecule has 0 amide bonds. The summed E-state index contributed by atoms with van der Waals surface area (Å²) in [5, 5.41) is 0. The summed E-state index contributed by atoms with van der Waals surface area (Å²) in [4.78, 5) is 11.7. The Morgan fingerprint density at radius 1 is 1.32 bits per heavy atom. The van der Waals surface area contributed by atoms with Crippen molar-refractivity contribution in [2.45, 2.75) is 72.6 Å². The first-order valence-corrected chi connectivity index (χ1v) is 8.07. The van der Waals surface area contributed by atoms with Crippen LogP contribution in [0.5, 0.6) is 0 Å². The molecule has 2 saturated carbocycles. The zero-order valence-corrected chi connectivity index (χ0v) is 13.1. The summed E-state index contributed by atoms with van der Waals surface area (Å²) in [6, 6.07) is 0. The van der Waals surface area contributed by atoms with E-state index in [1.165, 1.54) is 19.3 Å². The van der Waals surface area contributed by atoms with Gasteiger partial charge < -0.3 is 4.74 Å². The van der Waals surface area contributed by atoms with Crippen LogP contribution in [0.25, 0.3) is 0 Å². The van der Waals surface area contributed by atoms with E-state index in [0.717, 1.165) is 31.1 Å². The van der Waals surface area contributed by atoms with Crippen molar-refractivity contribution in [1.29, 1.82) is 0 Å². The van der Waals surface area contributed by atoms with Crippen molar-refractivity contribution < 1.29 is 9.53 Å². The lowest BCUT2D eigenvalue weighted by atomic mass is 9.66. The monoisotopic (exact) mass is 266 g/mol. The minimum absolute atomic E-state index is 0.0117. The van der Waals surface area contributed by atoms with Crippen molar-refractivity contribution in [3.05, 3.63) is 0 Å². The molecule has 2 nitrogen and oxygen atoms in total. The predicted octanol–water partition coefficient (Wildman–Crippen LogP) is 4.57. The smallest absolute Gasteiger partial charge is 0.305 e. The Labute approximate surface area is 118 Å². The normalized spacial score (nSPS) is 35.6. The molecule has 0 N–H and O–H groups in total. The average molecular weight is 266 g/mol. The van der Waals surface area contributed by atoms with Crippen LogP contribution in [0.3, 0.4) is 0 Å². The number of hydrogen-bond donors (Lipinski definition) is 0. The van der Waals surface area contributed by atoms with Gasteiger partial charge in [-0.05, 0) is 54.8 Å². The van der Waals surface area contributed by atoms with E-state index in [9.17, 15) is 4.79 Å². The highest BCUT2D eigenvalue weighted by atomic mass is 16.5. The fraction of sp³-hybridized carbons (Fsp3) is 0.941. The van der Waals surface area contributed by atoms with E-state index in [0.29, 0.717) is 23.9 Å². The predicted molar refractivity (Wildman–Crippen MR) is 77.8 cm³/mol.